The van der Waals surface area contributed by atoms with Crippen molar-refractivity contribution >= 4 is 23.6 Å². The van der Waals surface area contributed by atoms with Gasteiger partial charge in [0.2, 0.25) is 5.91 Å². The van der Waals surface area contributed by atoms with E-state index in [1.165, 1.54) is 0 Å². The molecule has 2 aliphatic rings. The van der Waals surface area contributed by atoms with Gasteiger partial charge < -0.3 is 14.2 Å². The first-order valence-electron chi connectivity index (χ1n) is 7.55. The molecule has 1 atom stereocenters. The first-order chi connectivity index (χ1) is 11.6. The van der Waals surface area contributed by atoms with E-state index in [-0.39, 0.29) is 18.9 Å². The minimum Gasteiger partial charge on any atom is -0.486 e. The molecule has 1 aromatic rings. The van der Waals surface area contributed by atoms with Gasteiger partial charge in [0.15, 0.2) is 11.5 Å². The van der Waals surface area contributed by atoms with Crippen LogP contribution in [0, 0.1) is 0 Å². The van der Waals surface area contributed by atoms with Crippen molar-refractivity contribution in [1.29, 1.82) is 0 Å². The number of fused-ring (bicyclic) bond motifs is 1. The number of imide groups is 1. The molecule has 1 fully saturated rings. The molecule has 0 spiro atoms. The van der Waals surface area contributed by atoms with Gasteiger partial charge in [-0.15, -0.1) is 0 Å². The summed E-state index contributed by atoms with van der Waals surface area (Å²) < 4.78 is 15.6. The molecule has 1 unspecified atom stereocenters. The number of hydrazine groups is 1. The van der Waals surface area contributed by atoms with Crippen LogP contribution in [0.2, 0.25) is 0 Å². The molecule has 1 aromatic carbocycles. The lowest BCUT2D eigenvalue weighted by Gasteiger charge is -2.21. The Morgan fingerprint density at radius 2 is 2.04 bits per heavy atom. The first kappa shape index (κ1) is 16.1. The van der Waals surface area contributed by atoms with Crippen molar-refractivity contribution in [3.8, 4) is 11.5 Å². The number of carbonyl (C=O) groups excluding carboxylic acids is 3. The summed E-state index contributed by atoms with van der Waals surface area (Å²) >= 11 is 0. The molecular weight excluding hydrogens is 318 g/mol. The maximum Gasteiger partial charge on any atom is 0.421 e. The molecule has 3 rings (SSSR count). The zero-order chi connectivity index (χ0) is 17.1. The van der Waals surface area contributed by atoms with Gasteiger partial charge in [-0.3, -0.25) is 15.0 Å². The molecule has 128 valence electrons. The lowest BCUT2D eigenvalue weighted by Crippen LogP contribution is -2.48. The lowest BCUT2D eigenvalue weighted by atomic mass is 10.2. The molecule has 0 bridgehead atoms. The zero-order valence-corrected chi connectivity index (χ0v) is 13.0. The second kappa shape index (κ2) is 6.75. The maximum atomic E-state index is 12.4. The Labute approximate surface area is 137 Å². The number of nitrogens with zero attached hydrogens (tertiary/aromatic N) is 1. The largest absolute Gasteiger partial charge is 0.486 e. The number of carbonyl (C=O) groups is 3. The van der Waals surface area contributed by atoms with E-state index in [0.29, 0.717) is 30.4 Å². The number of anilines is 1. The highest BCUT2D eigenvalue weighted by Gasteiger charge is 2.40. The van der Waals surface area contributed by atoms with Crippen LogP contribution >= 0.6 is 0 Å². The molecule has 9 heteroatoms. The van der Waals surface area contributed by atoms with E-state index >= 15 is 0 Å². The number of amides is 3. The van der Waals surface area contributed by atoms with Crippen LogP contribution in [0.3, 0.4) is 0 Å². The molecule has 9 nitrogen and oxygen atoms in total. The summed E-state index contributed by atoms with van der Waals surface area (Å²) in [5.41, 5.74) is 5.16. The van der Waals surface area contributed by atoms with Gasteiger partial charge in [0, 0.05) is 6.07 Å². The first-order valence-corrected chi connectivity index (χ1v) is 7.55. The van der Waals surface area contributed by atoms with Crippen molar-refractivity contribution in [2.75, 3.05) is 24.7 Å². The van der Waals surface area contributed by atoms with Crippen LogP contribution in [0.5, 0.6) is 11.5 Å². The van der Waals surface area contributed by atoms with Gasteiger partial charge in [0.1, 0.15) is 19.3 Å². The number of nitrogens with one attached hydrogen (secondary N) is 2. The van der Waals surface area contributed by atoms with E-state index in [1.807, 2.05) is 0 Å². The SMILES string of the molecule is CCOC(=O)NNC1CC(=O)N(c2ccc3c(c2)OCCO3)C1=O. The highest BCUT2D eigenvalue weighted by molar-refractivity contribution is 6.22. The number of hydrogen-bond acceptors (Lipinski definition) is 7. The molecule has 24 heavy (non-hydrogen) atoms. The van der Waals surface area contributed by atoms with E-state index in [2.05, 4.69) is 15.6 Å². The van der Waals surface area contributed by atoms with Crippen molar-refractivity contribution in [2.45, 2.75) is 19.4 Å². The lowest BCUT2D eigenvalue weighted by molar-refractivity contribution is -0.121. The van der Waals surface area contributed by atoms with Crippen LogP contribution in [0.25, 0.3) is 0 Å². The van der Waals surface area contributed by atoms with Crippen LogP contribution in [0.15, 0.2) is 18.2 Å². The molecule has 0 saturated carbocycles. The predicted octanol–water partition coefficient (Wildman–Crippen LogP) is 0.340. The summed E-state index contributed by atoms with van der Waals surface area (Å²) in [5, 5.41) is 0. The van der Waals surface area contributed by atoms with Crippen LogP contribution in [-0.2, 0) is 14.3 Å². The van der Waals surface area contributed by atoms with Gasteiger partial charge in [-0.1, -0.05) is 0 Å². The molecule has 3 amide bonds. The Morgan fingerprint density at radius 1 is 1.29 bits per heavy atom. The zero-order valence-electron chi connectivity index (χ0n) is 13.0. The summed E-state index contributed by atoms with van der Waals surface area (Å²) in [6.07, 6.45) is -0.782. The van der Waals surface area contributed by atoms with Gasteiger partial charge in [-0.05, 0) is 19.1 Å². The minimum atomic E-state index is -0.852. The quantitative estimate of drug-likeness (QED) is 0.604. The van der Waals surface area contributed by atoms with Crippen molar-refractivity contribution in [3.63, 3.8) is 0 Å². The van der Waals surface area contributed by atoms with Crippen molar-refractivity contribution in [1.82, 2.24) is 10.9 Å². The molecule has 2 heterocycles. The van der Waals surface area contributed by atoms with E-state index < -0.39 is 18.0 Å². The molecular formula is C15H17N3O6. The summed E-state index contributed by atoms with van der Waals surface area (Å²) in [5.74, 6) is 0.219. The maximum absolute atomic E-state index is 12.4. The third-order valence-electron chi connectivity index (χ3n) is 3.55. The Kier molecular flexibility index (Phi) is 4.52. The molecule has 0 aliphatic carbocycles. The van der Waals surface area contributed by atoms with E-state index in [4.69, 9.17) is 9.47 Å². The fraction of sp³-hybridized carbons (Fsp3) is 0.400. The van der Waals surface area contributed by atoms with Crippen LogP contribution in [-0.4, -0.2) is 43.8 Å². The molecule has 2 aliphatic heterocycles. The summed E-state index contributed by atoms with van der Waals surface area (Å²) in [6.45, 7) is 2.73. The van der Waals surface area contributed by atoms with Crippen molar-refractivity contribution in [3.05, 3.63) is 18.2 Å². The van der Waals surface area contributed by atoms with Gasteiger partial charge in [-0.2, -0.15) is 0 Å². The van der Waals surface area contributed by atoms with Crippen molar-refractivity contribution in [2.24, 2.45) is 0 Å². The van der Waals surface area contributed by atoms with Gasteiger partial charge >= 0.3 is 6.09 Å². The Hall–Kier alpha value is -2.81. The monoisotopic (exact) mass is 335 g/mol. The number of ether oxygens (including phenoxy) is 3. The third-order valence-corrected chi connectivity index (χ3v) is 3.55. The summed E-state index contributed by atoms with van der Waals surface area (Å²) in [7, 11) is 0. The fourth-order valence-electron chi connectivity index (χ4n) is 2.50. The molecule has 0 radical (unpaired) electrons. The van der Waals surface area contributed by atoms with E-state index in [1.54, 1.807) is 25.1 Å². The summed E-state index contributed by atoms with van der Waals surface area (Å²) in [6, 6.07) is 4.01. The Balaban J connectivity index is 1.71. The van der Waals surface area contributed by atoms with Crippen molar-refractivity contribution < 1.29 is 28.6 Å². The topological polar surface area (TPSA) is 106 Å². The molecule has 1 saturated heterocycles. The highest BCUT2D eigenvalue weighted by Crippen LogP contribution is 2.35. The number of benzene rings is 1. The normalized spacial score (nSPS) is 19.4. The van der Waals surface area contributed by atoms with Crippen LogP contribution in [0.1, 0.15) is 13.3 Å². The second-order valence-corrected chi connectivity index (χ2v) is 5.14. The second-order valence-electron chi connectivity index (χ2n) is 5.14. The van der Waals surface area contributed by atoms with Gasteiger partial charge in [0.05, 0.1) is 18.7 Å². The average molecular weight is 335 g/mol. The van der Waals surface area contributed by atoms with E-state index in [9.17, 15) is 14.4 Å². The van der Waals surface area contributed by atoms with Gasteiger partial charge in [0.25, 0.3) is 5.91 Å². The Bertz CT molecular complexity index is 677. The van der Waals surface area contributed by atoms with Gasteiger partial charge in [-0.25, -0.2) is 15.1 Å². The summed E-state index contributed by atoms with van der Waals surface area (Å²) in [4.78, 5) is 36.9. The highest BCUT2D eigenvalue weighted by atomic mass is 16.6. The fourth-order valence-corrected chi connectivity index (χ4v) is 2.50. The smallest absolute Gasteiger partial charge is 0.421 e. The average Bonchev–Trinajstić information content (AvgIpc) is 2.86. The third kappa shape index (κ3) is 3.11. The number of rotatable bonds is 4. The van der Waals surface area contributed by atoms with Crippen LogP contribution < -0.4 is 25.2 Å². The number of hydrogen-bond donors (Lipinski definition) is 2. The van der Waals surface area contributed by atoms with Crippen LogP contribution in [0.4, 0.5) is 10.5 Å². The molecule has 2 N–H and O–H groups in total. The molecule has 0 aromatic heterocycles. The Morgan fingerprint density at radius 3 is 2.79 bits per heavy atom. The standard InChI is InChI=1S/C15H17N3O6/c1-2-22-15(21)17-16-10-8-13(19)18(14(10)20)9-3-4-11-12(7-9)24-6-5-23-11/h3-4,7,10,16H,2,5-6,8H2,1H3,(H,17,21). The minimum absolute atomic E-state index is 0.0698. The predicted molar refractivity (Wildman–Crippen MR) is 81.6 cm³/mol. The van der Waals surface area contributed by atoms with E-state index in [0.717, 1.165) is 4.90 Å².